The molecule has 1 aliphatic heterocycles. The predicted molar refractivity (Wildman–Crippen MR) is 84.3 cm³/mol. The molecule has 1 N–H and O–H groups in total. The van der Waals surface area contributed by atoms with Gasteiger partial charge in [0.25, 0.3) is 0 Å². The lowest BCUT2D eigenvalue weighted by atomic mass is 9.90. The molecule has 2 atom stereocenters. The first-order valence-electron chi connectivity index (χ1n) is 7.82. The number of benzene rings is 1. The molecule has 1 fully saturated rings. The molecule has 1 saturated heterocycles. The van der Waals surface area contributed by atoms with E-state index in [0.717, 1.165) is 5.92 Å². The van der Waals surface area contributed by atoms with E-state index in [9.17, 15) is 0 Å². The van der Waals surface area contributed by atoms with Crippen molar-refractivity contribution in [1.82, 2.24) is 5.32 Å². The van der Waals surface area contributed by atoms with Crippen LogP contribution in [0.5, 0.6) is 0 Å². The molecule has 2 unspecified atom stereocenters. The van der Waals surface area contributed by atoms with Crippen LogP contribution >= 0.6 is 0 Å². The lowest BCUT2D eigenvalue weighted by Crippen LogP contribution is -2.36. The molecule has 104 valence electrons. The highest BCUT2D eigenvalue weighted by atomic mass is 14.9. The predicted octanol–water partition coefficient (Wildman–Crippen LogP) is 4.43. The molecule has 0 aliphatic carbocycles. The second-order valence-electron chi connectivity index (χ2n) is 5.71. The summed E-state index contributed by atoms with van der Waals surface area (Å²) in [6.45, 7) is 5.71. The molecule has 1 aliphatic rings. The third-order valence-corrected chi connectivity index (χ3v) is 4.16. The van der Waals surface area contributed by atoms with Crippen LogP contribution < -0.4 is 5.32 Å². The highest BCUT2D eigenvalue weighted by Crippen LogP contribution is 2.20. The van der Waals surface area contributed by atoms with Crippen molar-refractivity contribution in [1.29, 1.82) is 0 Å². The van der Waals surface area contributed by atoms with Crippen molar-refractivity contribution in [3.05, 3.63) is 41.5 Å². The topological polar surface area (TPSA) is 12.0 Å². The Kier molecular flexibility index (Phi) is 5.65. The van der Waals surface area contributed by atoms with E-state index in [0.29, 0.717) is 6.04 Å². The van der Waals surface area contributed by atoms with Crippen LogP contribution in [0.1, 0.15) is 50.7 Å². The van der Waals surface area contributed by atoms with Gasteiger partial charge in [-0.15, -0.1) is 0 Å². The minimum absolute atomic E-state index is 0.564. The standard InChI is InChI=1S/C18H27N/c1-3-5-16-6-8-17(9-7-16)10-11-18-14-15(4-2)12-13-19-18/h6-11,15,18-19H,3-5,12-14H2,1-2H3/b11-10+. The first-order chi connectivity index (χ1) is 9.31. The summed E-state index contributed by atoms with van der Waals surface area (Å²) in [6, 6.07) is 9.55. The van der Waals surface area contributed by atoms with Gasteiger partial charge >= 0.3 is 0 Å². The Bertz CT molecular complexity index is 391. The molecule has 0 saturated carbocycles. The summed E-state index contributed by atoms with van der Waals surface area (Å²) in [6.07, 6.45) is 11.0. The maximum absolute atomic E-state index is 3.60. The van der Waals surface area contributed by atoms with Crippen molar-refractivity contribution in [2.75, 3.05) is 6.54 Å². The van der Waals surface area contributed by atoms with Crippen molar-refractivity contribution in [3.8, 4) is 0 Å². The molecule has 0 amide bonds. The van der Waals surface area contributed by atoms with Gasteiger partial charge in [0.05, 0.1) is 0 Å². The van der Waals surface area contributed by atoms with Gasteiger partial charge in [0.2, 0.25) is 0 Å². The Hall–Kier alpha value is -1.08. The van der Waals surface area contributed by atoms with Crippen molar-refractivity contribution in [3.63, 3.8) is 0 Å². The molecule has 2 rings (SSSR count). The van der Waals surface area contributed by atoms with Gasteiger partial charge < -0.3 is 5.32 Å². The number of piperidine rings is 1. The van der Waals surface area contributed by atoms with E-state index >= 15 is 0 Å². The van der Waals surface area contributed by atoms with Crippen LogP contribution in [0, 0.1) is 5.92 Å². The maximum Gasteiger partial charge on any atom is 0.0255 e. The fourth-order valence-corrected chi connectivity index (χ4v) is 2.86. The van der Waals surface area contributed by atoms with E-state index < -0.39 is 0 Å². The first-order valence-corrected chi connectivity index (χ1v) is 7.82. The molecule has 0 aromatic heterocycles. The molecule has 1 heteroatoms. The van der Waals surface area contributed by atoms with Crippen LogP contribution in [-0.2, 0) is 6.42 Å². The molecule has 1 heterocycles. The SMILES string of the molecule is CCCc1ccc(/C=C/C2CC(CC)CCN2)cc1. The van der Waals surface area contributed by atoms with Crippen molar-refractivity contribution >= 4 is 6.08 Å². The van der Waals surface area contributed by atoms with Gasteiger partial charge in [-0.1, -0.05) is 63.1 Å². The zero-order valence-electron chi connectivity index (χ0n) is 12.4. The van der Waals surface area contributed by atoms with Crippen molar-refractivity contribution < 1.29 is 0 Å². The maximum atomic E-state index is 3.60. The Balaban J connectivity index is 1.90. The Labute approximate surface area is 118 Å². The van der Waals surface area contributed by atoms with E-state index in [1.54, 1.807) is 0 Å². The molecule has 1 aromatic rings. The van der Waals surface area contributed by atoms with Crippen LogP contribution in [0.15, 0.2) is 30.3 Å². The third-order valence-electron chi connectivity index (χ3n) is 4.16. The van der Waals surface area contributed by atoms with Crippen molar-refractivity contribution in [2.45, 2.75) is 52.0 Å². The Morgan fingerprint density at radius 1 is 1.21 bits per heavy atom. The van der Waals surface area contributed by atoms with E-state index in [2.05, 4.69) is 55.6 Å². The van der Waals surface area contributed by atoms with Gasteiger partial charge in [-0.25, -0.2) is 0 Å². The lowest BCUT2D eigenvalue weighted by molar-refractivity contribution is 0.326. The molecule has 0 spiro atoms. The smallest absolute Gasteiger partial charge is 0.0255 e. The van der Waals surface area contributed by atoms with Crippen LogP contribution in [0.25, 0.3) is 6.08 Å². The third kappa shape index (κ3) is 4.50. The monoisotopic (exact) mass is 257 g/mol. The number of hydrogen-bond donors (Lipinski definition) is 1. The minimum atomic E-state index is 0.564. The van der Waals surface area contributed by atoms with E-state index in [4.69, 9.17) is 0 Å². The summed E-state index contributed by atoms with van der Waals surface area (Å²) in [7, 11) is 0. The van der Waals surface area contributed by atoms with E-state index in [-0.39, 0.29) is 0 Å². The molecule has 19 heavy (non-hydrogen) atoms. The molecular formula is C18H27N. The highest BCUT2D eigenvalue weighted by molar-refractivity contribution is 5.50. The molecule has 0 radical (unpaired) electrons. The quantitative estimate of drug-likeness (QED) is 0.823. The lowest BCUT2D eigenvalue weighted by Gasteiger charge is -2.27. The second kappa shape index (κ2) is 7.49. The number of rotatable bonds is 5. The van der Waals surface area contributed by atoms with E-state index in [1.165, 1.54) is 49.8 Å². The zero-order valence-corrected chi connectivity index (χ0v) is 12.4. The summed E-state index contributed by atoms with van der Waals surface area (Å²) in [5.74, 6) is 0.905. The van der Waals surface area contributed by atoms with Gasteiger partial charge in [-0.2, -0.15) is 0 Å². The van der Waals surface area contributed by atoms with Crippen LogP contribution in [0.4, 0.5) is 0 Å². The minimum Gasteiger partial charge on any atom is -0.310 e. The van der Waals surface area contributed by atoms with Gasteiger partial charge in [0.1, 0.15) is 0 Å². The van der Waals surface area contributed by atoms with Crippen molar-refractivity contribution in [2.24, 2.45) is 5.92 Å². The first kappa shape index (κ1) is 14.3. The van der Waals surface area contributed by atoms with Gasteiger partial charge in [-0.3, -0.25) is 0 Å². The summed E-state index contributed by atoms with van der Waals surface area (Å²) in [5, 5.41) is 3.60. The normalized spacial score (nSPS) is 23.9. The second-order valence-corrected chi connectivity index (χ2v) is 5.71. The average molecular weight is 257 g/mol. The Morgan fingerprint density at radius 3 is 2.68 bits per heavy atom. The number of aryl methyl sites for hydroxylation is 1. The summed E-state index contributed by atoms with van der Waals surface area (Å²) < 4.78 is 0. The highest BCUT2D eigenvalue weighted by Gasteiger charge is 2.17. The number of nitrogens with one attached hydrogen (secondary N) is 1. The van der Waals surface area contributed by atoms with Gasteiger partial charge in [-0.05, 0) is 42.9 Å². The molecule has 0 bridgehead atoms. The molecule has 1 nitrogen and oxygen atoms in total. The largest absolute Gasteiger partial charge is 0.310 e. The molecule has 1 aromatic carbocycles. The van der Waals surface area contributed by atoms with Crippen LogP contribution in [0.2, 0.25) is 0 Å². The number of hydrogen-bond acceptors (Lipinski definition) is 1. The summed E-state index contributed by atoms with van der Waals surface area (Å²) >= 11 is 0. The van der Waals surface area contributed by atoms with Crippen LogP contribution in [-0.4, -0.2) is 12.6 Å². The Morgan fingerprint density at radius 2 is 2.00 bits per heavy atom. The van der Waals surface area contributed by atoms with Crippen LogP contribution in [0.3, 0.4) is 0 Å². The summed E-state index contributed by atoms with van der Waals surface area (Å²) in [4.78, 5) is 0. The zero-order chi connectivity index (χ0) is 13.5. The fourth-order valence-electron chi connectivity index (χ4n) is 2.86. The fraction of sp³-hybridized carbons (Fsp3) is 0.556. The molecular weight excluding hydrogens is 230 g/mol. The average Bonchev–Trinajstić information content (AvgIpc) is 2.47. The van der Waals surface area contributed by atoms with E-state index in [1.807, 2.05) is 0 Å². The van der Waals surface area contributed by atoms with Gasteiger partial charge in [0, 0.05) is 6.04 Å². The van der Waals surface area contributed by atoms with Gasteiger partial charge in [0.15, 0.2) is 0 Å². The summed E-state index contributed by atoms with van der Waals surface area (Å²) in [5.41, 5.74) is 2.77.